The zero-order valence-corrected chi connectivity index (χ0v) is 11.1. The van der Waals surface area contributed by atoms with Gasteiger partial charge in [-0.25, -0.2) is 0 Å². The molecule has 4 heteroatoms. The molecule has 0 aliphatic rings. The van der Waals surface area contributed by atoms with Crippen LogP contribution < -0.4 is 11.1 Å². The van der Waals surface area contributed by atoms with Crippen LogP contribution in [0.1, 0.15) is 10.9 Å². The van der Waals surface area contributed by atoms with Crippen molar-refractivity contribution in [2.75, 3.05) is 11.9 Å². The highest BCUT2D eigenvalue weighted by Gasteiger charge is 2.11. The van der Waals surface area contributed by atoms with Gasteiger partial charge in [-0.2, -0.15) is 0 Å². The first kappa shape index (κ1) is 11.6. The van der Waals surface area contributed by atoms with Gasteiger partial charge in [-0.05, 0) is 40.2 Å². The second kappa shape index (κ2) is 5.48. The average molecular weight is 297 g/mol. The fourth-order valence-electron chi connectivity index (χ4n) is 1.50. The van der Waals surface area contributed by atoms with Crippen LogP contribution in [-0.2, 0) is 0 Å². The molecule has 0 spiro atoms. The largest absolute Gasteiger partial charge is 0.376 e. The van der Waals surface area contributed by atoms with Gasteiger partial charge in [0.25, 0.3) is 0 Å². The van der Waals surface area contributed by atoms with E-state index in [0.29, 0.717) is 6.54 Å². The summed E-state index contributed by atoms with van der Waals surface area (Å²) in [6.45, 7) is 0.585. The van der Waals surface area contributed by atoms with Gasteiger partial charge in [0.1, 0.15) is 0 Å². The second-order valence-corrected chi connectivity index (χ2v) is 5.94. The molecule has 2 rings (SSSR count). The molecule has 0 fully saturated rings. The van der Waals surface area contributed by atoms with Crippen LogP contribution in [0.2, 0.25) is 0 Å². The molecule has 0 radical (unpaired) electrons. The van der Waals surface area contributed by atoms with Crippen LogP contribution in [0.25, 0.3) is 0 Å². The molecule has 1 heterocycles. The monoisotopic (exact) mass is 296 g/mol. The van der Waals surface area contributed by atoms with Crippen LogP contribution in [-0.4, -0.2) is 6.54 Å². The maximum atomic E-state index is 5.79. The van der Waals surface area contributed by atoms with Crippen LogP contribution in [0, 0.1) is 0 Å². The summed E-state index contributed by atoms with van der Waals surface area (Å²) in [7, 11) is 0. The number of hydrogen-bond donors (Lipinski definition) is 2. The Balaban J connectivity index is 2.12. The van der Waals surface area contributed by atoms with Gasteiger partial charge in [-0.1, -0.05) is 18.2 Å². The Morgan fingerprint density at radius 3 is 2.50 bits per heavy atom. The van der Waals surface area contributed by atoms with Gasteiger partial charge < -0.3 is 11.1 Å². The lowest BCUT2D eigenvalue weighted by molar-refractivity contribution is 0.806. The Morgan fingerprint density at radius 1 is 1.19 bits per heavy atom. The maximum absolute atomic E-state index is 5.79. The molecule has 2 nitrogen and oxygen atoms in total. The highest BCUT2D eigenvalue weighted by molar-refractivity contribution is 9.11. The van der Waals surface area contributed by atoms with Crippen LogP contribution in [0.15, 0.2) is 46.3 Å². The zero-order chi connectivity index (χ0) is 11.4. The van der Waals surface area contributed by atoms with Gasteiger partial charge in [-0.3, -0.25) is 0 Å². The number of halogens is 1. The van der Waals surface area contributed by atoms with Crippen molar-refractivity contribution in [3.8, 4) is 0 Å². The van der Waals surface area contributed by atoms with Crippen molar-refractivity contribution >= 4 is 33.0 Å². The van der Waals surface area contributed by atoms with Gasteiger partial charge in [0, 0.05) is 17.1 Å². The Kier molecular flexibility index (Phi) is 3.98. The Bertz CT molecular complexity index is 441. The predicted octanol–water partition coefficient (Wildman–Crippen LogP) is 3.62. The molecule has 0 saturated carbocycles. The van der Waals surface area contributed by atoms with Crippen LogP contribution in [0.3, 0.4) is 0 Å². The molecule has 0 bridgehead atoms. The summed E-state index contributed by atoms with van der Waals surface area (Å²) in [5.41, 5.74) is 6.89. The third-order valence-electron chi connectivity index (χ3n) is 2.29. The molecule has 1 aromatic carbocycles. The smallest absolute Gasteiger partial charge is 0.0729 e. The first-order valence-electron chi connectivity index (χ1n) is 5.06. The van der Waals surface area contributed by atoms with Gasteiger partial charge in [0.15, 0.2) is 0 Å². The van der Waals surface area contributed by atoms with Crippen molar-refractivity contribution in [3.05, 3.63) is 51.1 Å². The van der Waals surface area contributed by atoms with Gasteiger partial charge in [-0.15, -0.1) is 11.3 Å². The van der Waals surface area contributed by atoms with E-state index >= 15 is 0 Å². The van der Waals surface area contributed by atoms with E-state index in [1.807, 2.05) is 30.3 Å². The molecule has 0 aliphatic carbocycles. The number of para-hydroxylation sites is 1. The van der Waals surface area contributed by atoms with Gasteiger partial charge in [0.2, 0.25) is 0 Å². The first-order chi connectivity index (χ1) is 7.79. The first-order valence-corrected chi connectivity index (χ1v) is 6.67. The molecule has 0 amide bonds. The van der Waals surface area contributed by atoms with Crippen LogP contribution >= 0.6 is 27.3 Å². The summed E-state index contributed by atoms with van der Waals surface area (Å²) in [4.78, 5) is 1.25. The minimum atomic E-state index is 0.179. The number of thiophene rings is 1. The number of anilines is 1. The highest BCUT2D eigenvalue weighted by atomic mass is 79.9. The summed E-state index contributed by atoms with van der Waals surface area (Å²) in [5.74, 6) is 0. The average Bonchev–Trinajstić information content (AvgIpc) is 2.74. The lowest BCUT2D eigenvalue weighted by Gasteiger charge is -2.16. The normalized spacial score (nSPS) is 12.4. The SMILES string of the molecule is NCC(Nc1ccccc1)c1ccc(Br)s1. The number of benzene rings is 1. The van der Waals surface area contributed by atoms with E-state index < -0.39 is 0 Å². The lowest BCUT2D eigenvalue weighted by Crippen LogP contribution is -2.19. The van der Waals surface area contributed by atoms with E-state index in [2.05, 4.69) is 33.4 Å². The second-order valence-electron chi connectivity index (χ2n) is 3.44. The molecule has 3 N–H and O–H groups in total. The number of nitrogens with two attached hydrogens (primary N) is 1. The van der Waals surface area contributed by atoms with E-state index in [9.17, 15) is 0 Å². The third kappa shape index (κ3) is 2.84. The molecular formula is C12H13BrN2S. The number of hydrogen-bond acceptors (Lipinski definition) is 3. The highest BCUT2D eigenvalue weighted by Crippen LogP contribution is 2.28. The van der Waals surface area contributed by atoms with E-state index in [1.165, 1.54) is 4.88 Å². The summed E-state index contributed by atoms with van der Waals surface area (Å²) in [6, 6.07) is 14.5. The van der Waals surface area contributed by atoms with E-state index in [-0.39, 0.29) is 6.04 Å². The van der Waals surface area contributed by atoms with E-state index in [1.54, 1.807) is 11.3 Å². The molecule has 16 heavy (non-hydrogen) atoms. The lowest BCUT2D eigenvalue weighted by atomic mass is 10.2. The molecule has 1 unspecified atom stereocenters. The molecule has 84 valence electrons. The fraction of sp³-hybridized carbons (Fsp3) is 0.167. The van der Waals surface area contributed by atoms with Gasteiger partial charge >= 0.3 is 0 Å². The number of nitrogens with one attached hydrogen (secondary N) is 1. The van der Waals surface area contributed by atoms with Crippen molar-refractivity contribution in [1.29, 1.82) is 0 Å². The summed E-state index contributed by atoms with van der Waals surface area (Å²) >= 11 is 5.18. The molecular weight excluding hydrogens is 284 g/mol. The van der Waals surface area contributed by atoms with Crippen molar-refractivity contribution < 1.29 is 0 Å². The van der Waals surface area contributed by atoms with Crippen LogP contribution in [0.5, 0.6) is 0 Å². The minimum Gasteiger partial charge on any atom is -0.376 e. The molecule has 1 aromatic heterocycles. The maximum Gasteiger partial charge on any atom is 0.0729 e. The molecule has 0 saturated heterocycles. The van der Waals surface area contributed by atoms with Crippen molar-refractivity contribution in [2.45, 2.75) is 6.04 Å². The van der Waals surface area contributed by atoms with Gasteiger partial charge in [0.05, 0.1) is 9.83 Å². The topological polar surface area (TPSA) is 38.0 Å². The Morgan fingerprint density at radius 2 is 1.94 bits per heavy atom. The van der Waals surface area contributed by atoms with Crippen molar-refractivity contribution in [1.82, 2.24) is 0 Å². The third-order valence-corrected chi connectivity index (χ3v) is 4.03. The molecule has 1 atom stereocenters. The van der Waals surface area contributed by atoms with E-state index in [0.717, 1.165) is 9.47 Å². The van der Waals surface area contributed by atoms with Crippen molar-refractivity contribution in [2.24, 2.45) is 5.73 Å². The summed E-state index contributed by atoms with van der Waals surface area (Å²) < 4.78 is 1.14. The minimum absolute atomic E-state index is 0.179. The molecule has 0 aliphatic heterocycles. The Hall–Kier alpha value is -0.840. The zero-order valence-electron chi connectivity index (χ0n) is 8.69. The number of rotatable bonds is 4. The molecule has 2 aromatic rings. The summed E-state index contributed by atoms with van der Waals surface area (Å²) in [6.07, 6.45) is 0. The quantitative estimate of drug-likeness (QED) is 0.904. The predicted molar refractivity (Wildman–Crippen MR) is 73.9 cm³/mol. The van der Waals surface area contributed by atoms with Crippen LogP contribution in [0.4, 0.5) is 5.69 Å². The fourth-order valence-corrected chi connectivity index (χ4v) is 2.98. The van der Waals surface area contributed by atoms with Crippen molar-refractivity contribution in [3.63, 3.8) is 0 Å². The summed E-state index contributed by atoms with van der Waals surface area (Å²) in [5, 5.41) is 3.42. The standard InChI is InChI=1S/C12H13BrN2S/c13-12-7-6-11(16-12)10(8-14)15-9-4-2-1-3-5-9/h1-7,10,15H,8,14H2. The Labute approximate surface area is 108 Å². The van der Waals surface area contributed by atoms with E-state index in [4.69, 9.17) is 5.73 Å².